The maximum absolute atomic E-state index is 6.49. The normalized spacial score (nSPS) is 26.6. The molecule has 2 N–H and O–H groups in total. The third-order valence-corrected chi connectivity index (χ3v) is 4.01. The highest BCUT2D eigenvalue weighted by Crippen LogP contribution is 2.36. The molecule has 0 aliphatic heterocycles. The minimum absolute atomic E-state index is 0.451. The molecule has 2 unspecified atom stereocenters. The fraction of sp³-hybridized carbons (Fsp3) is 0.533. The van der Waals surface area contributed by atoms with Crippen molar-refractivity contribution in [3.63, 3.8) is 0 Å². The highest BCUT2D eigenvalue weighted by atomic mass is 16.5. The van der Waals surface area contributed by atoms with Gasteiger partial charge in [-0.3, -0.25) is 0 Å². The topological polar surface area (TPSA) is 77.8 Å². The van der Waals surface area contributed by atoms with E-state index in [1.807, 2.05) is 25.1 Å². The number of hydrogen-bond acceptors (Lipinski definition) is 5. The van der Waals surface area contributed by atoms with Gasteiger partial charge in [0.2, 0.25) is 0 Å². The van der Waals surface area contributed by atoms with Gasteiger partial charge in [0, 0.05) is 5.69 Å². The van der Waals surface area contributed by atoms with Crippen molar-refractivity contribution in [3.8, 4) is 11.6 Å². The SMILES string of the molecule is Cc1cccc(-c2nc(C3(N)CCCC(C)C3)no2)n1. The third-order valence-electron chi connectivity index (χ3n) is 4.01. The van der Waals surface area contributed by atoms with Crippen LogP contribution in [0.15, 0.2) is 22.7 Å². The average molecular weight is 272 g/mol. The summed E-state index contributed by atoms with van der Waals surface area (Å²) in [6, 6.07) is 5.74. The van der Waals surface area contributed by atoms with E-state index in [9.17, 15) is 0 Å². The Hall–Kier alpha value is -1.75. The lowest BCUT2D eigenvalue weighted by molar-refractivity contribution is 0.222. The van der Waals surface area contributed by atoms with Crippen LogP contribution in [0, 0.1) is 12.8 Å². The van der Waals surface area contributed by atoms with Crippen molar-refractivity contribution in [2.75, 3.05) is 0 Å². The van der Waals surface area contributed by atoms with E-state index in [1.54, 1.807) is 0 Å². The molecule has 5 heteroatoms. The molecule has 2 aromatic heterocycles. The molecule has 0 spiro atoms. The lowest BCUT2D eigenvalue weighted by Crippen LogP contribution is -2.42. The Balaban J connectivity index is 1.90. The monoisotopic (exact) mass is 272 g/mol. The molecule has 0 saturated heterocycles. The van der Waals surface area contributed by atoms with E-state index in [0.29, 0.717) is 23.3 Å². The highest BCUT2D eigenvalue weighted by Gasteiger charge is 2.37. The predicted octanol–water partition coefficient (Wildman–Crippen LogP) is 2.80. The summed E-state index contributed by atoms with van der Waals surface area (Å²) in [5.41, 5.74) is 7.66. The first-order valence-corrected chi connectivity index (χ1v) is 7.14. The van der Waals surface area contributed by atoms with Gasteiger partial charge in [-0.1, -0.05) is 31.0 Å². The van der Waals surface area contributed by atoms with Crippen LogP contribution in [0.5, 0.6) is 0 Å². The van der Waals surface area contributed by atoms with Crippen LogP contribution in [0.4, 0.5) is 0 Å². The summed E-state index contributed by atoms with van der Waals surface area (Å²) in [6.45, 7) is 4.16. The molecule has 0 radical (unpaired) electrons. The first-order valence-electron chi connectivity index (χ1n) is 7.14. The molecule has 2 aromatic rings. The maximum Gasteiger partial charge on any atom is 0.276 e. The fourth-order valence-corrected chi connectivity index (χ4v) is 2.99. The summed E-state index contributed by atoms with van der Waals surface area (Å²) in [7, 11) is 0. The van der Waals surface area contributed by atoms with E-state index in [0.717, 1.165) is 25.0 Å². The van der Waals surface area contributed by atoms with Crippen molar-refractivity contribution in [1.82, 2.24) is 15.1 Å². The molecule has 1 saturated carbocycles. The molecule has 1 aliphatic carbocycles. The number of pyridine rings is 1. The Bertz CT molecular complexity index is 609. The lowest BCUT2D eigenvalue weighted by atomic mass is 9.76. The Morgan fingerprint density at radius 3 is 2.95 bits per heavy atom. The van der Waals surface area contributed by atoms with Gasteiger partial charge in [0.1, 0.15) is 5.69 Å². The van der Waals surface area contributed by atoms with Crippen molar-refractivity contribution in [2.24, 2.45) is 11.7 Å². The average Bonchev–Trinajstić information content (AvgIpc) is 2.88. The smallest absolute Gasteiger partial charge is 0.276 e. The van der Waals surface area contributed by atoms with Gasteiger partial charge in [0.15, 0.2) is 5.82 Å². The number of nitrogens with two attached hydrogens (primary N) is 1. The molecule has 0 amide bonds. The molecule has 0 aromatic carbocycles. The van der Waals surface area contributed by atoms with E-state index in [2.05, 4.69) is 22.0 Å². The van der Waals surface area contributed by atoms with Crippen molar-refractivity contribution in [2.45, 2.75) is 45.1 Å². The summed E-state index contributed by atoms with van der Waals surface area (Å²) in [4.78, 5) is 8.89. The van der Waals surface area contributed by atoms with Gasteiger partial charge in [0.05, 0.1) is 5.54 Å². The molecular weight excluding hydrogens is 252 g/mol. The van der Waals surface area contributed by atoms with Crippen molar-refractivity contribution in [1.29, 1.82) is 0 Å². The molecule has 1 fully saturated rings. The number of hydrogen-bond donors (Lipinski definition) is 1. The Morgan fingerprint density at radius 2 is 2.20 bits per heavy atom. The predicted molar refractivity (Wildman–Crippen MR) is 75.8 cm³/mol. The third kappa shape index (κ3) is 2.45. The van der Waals surface area contributed by atoms with E-state index < -0.39 is 5.54 Å². The van der Waals surface area contributed by atoms with Crippen LogP contribution in [-0.4, -0.2) is 15.1 Å². The zero-order valence-corrected chi connectivity index (χ0v) is 12.0. The molecule has 0 bridgehead atoms. The molecule has 3 rings (SSSR count). The van der Waals surface area contributed by atoms with Gasteiger partial charge in [0.25, 0.3) is 5.89 Å². The summed E-state index contributed by atoms with van der Waals surface area (Å²) in [5, 5.41) is 4.10. The minimum Gasteiger partial charge on any atom is -0.332 e. The zero-order chi connectivity index (χ0) is 14.2. The molecule has 2 heterocycles. The summed E-state index contributed by atoms with van der Waals surface area (Å²) < 4.78 is 5.36. The largest absolute Gasteiger partial charge is 0.332 e. The number of aromatic nitrogens is 3. The fourth-order valence-electron chi connectivity index (χ4n) is 2.99. The van der Waals surface area contributed by atoms with Crippen LogP contribution >= 0.6 is 0 Å². The van der Waals surface area contributed by atoms with Crippen LogP contribution in [0.2, 0.25) is 0 Å². The van der Waals surface area contributed by atoms with Crippen LogP contribution in [0.1, 0.15) is 44.1 Å². The molecule has 106 valence electrons. The second-order valence-corrected chi connectivity index (χ2v) is 5.95. The van der Waals surface area contributed by atoms with Gasteiger partial charge in [-0.05, 0) is 37.8 Å². The summed E-state index contributed by atoms with van der Waals surface area (Å²) >= 11 is 0. The van der Waals surface area contributed by atoms with E-state index >= 15 is 0 Å². The minimum atomic E-state index is -0.455. The van der Waals surface area contributed by atoms with E-state index in [1.165, 1.54) is 6.42 Å². The van der Waals surface area contributed by atoms with Gasteiger partial charge in [-0.25, -0.2) is 4.98 Å². The molecule has 2 atom stereocenters. The van der Waals surface area contributed by atoms with Crippen molar-refractivity contribution < 1.29 is 4.52 Å². The number of aryl methyl sites for hydroxylation is 1. The second-order valence-electron chi connectivity index (χ2n) is 5.95. The second kappa shape index (κ2) is 4.98. The Morgan fingerprint density at radius 1 is 1.35 bits per heavy atom. The summed E-state index contributed by atoms with van der Waals surface area (Å²) in [5.74, 6) is 1.67. The maximum atomic E-state index is 6.49. The van der Waals surface area contributed by atoms with Gasteiger partial charge < -0.3 is 10.3 Å². The molecule has 1 aliphatic rings. The van der Waals surface area contributed by atoms with E-state index in [4.69, 9.17) is 10.3 Å². The van der Waals surface area contributed by atoms with Crippen LogP contribution < -0.4 is 5.73 Å². The first kappa shape index (κ1) is 13.2. The van der Waals surface area contributed by atoms with E-state index in [-0.39, 0.29) is 0 Å². The quantitative estimate of drug-likeness (QED) is 0.909. The Kier molecular flexibility index (Phi) is 3.30. The van der Waals surface area contributed by atoms with Crippen molar-refractivity contribution in [3.05, 3.63) is 29.7 Å². The van der Waals surface area contributed by atoms with Gasteiger partial charge in [-0.2, -0.15) is 4.98 Å². The molecular formula is C15H20N4O. The Labute approximate surface area is 118 Å². The van der Waals surface area contributed by atoms with Crippen LogP contribution in [0.3, 0.4) is 0 Å². The van der Waals surface area contributed by atoms with Crippen LogP contribution in [-0.2, 0) is 5.54 Å². The van der Waals surface area contributed by atoms with Crippen molar-refractivity contribution >= 4 is 0 Å². The first-order chi connectivity index (χ1) is 9.57. The highest BCUT2D eigenvalue weighted by molar-refractivity contribution is 5.46. The number of rotatable bonds is 2. The molecule has 20 heavy (non-hydrogen) atoms. The lowest BCUT2D eigenvalue weighted by Gasteiger charge is -2.33. The zero-order valence-electron chi connectivity index (χ0n) is 12.0. The summed E-state index contributed by atoms with van der Waals surface area (Å²) in [6.07, 6.45) is 4.16. The number of nitrogens with zero attached hydrogens (tertiary/aromatic N) is 3. The molecule has 5 nitrogen and oxygen atoms in total. The van der Waals surface area contributed by atoms with Gasteiger partial charge in [-0.15, -0.1) is 0 Å². The van der Waals surface area contributed by atoms with Gasteiger partial charge >= 0.3 is 0 Å². The van der Waals surface area contributed by atoms with Crippen LogP contribution in [0.25, 0.3) is 11.6 Å². The standard InChI is InChI=1S/C15H20N4O/c1-10-5-4-8-15(16,9-10)14-18-13(20-19-14)12-7-3-6-11(2)17-12/h3,6-7,10H,4-5,8-9,16H2,1-2H3.